The first-order chi connectivity index (χ1) is 11.2. The summed E-state index contributed by atoms with van der Waals surface area (Å²) in [5.74, 6) is 0.926. The summed E-state index contributed by atoms with van der Waals surface area (Å²) in [5, 5.41) is 3.36. The third-order valence-electron chi connectivity index (χ3n) is 4.76. The molecule has 1 aromatic carbocycles. The lowest BCUT2D eigenvalue weighted by Gasteiger charge is -2.43. The number of rotatable bonds is 5. The van der Waals surface area contributed by atoms with Crippen LogP contribution in [0.25, 0.3) is 0 Å². The van der Waals surface area contributed by atoms with Crippen molar-refractivity contribution in [3.05, 3.63) is 22.7 Å². The van der Waals surface area contributed by atoms with E-state index in [-0.39, 0.29) is 36.3 Å². The van der Waals surface area contributed by atoms with Gasteiger partial charge in [0.15, 0.2) is 0 Å². The minimum atomic E-state index is -0.202. The average molecular weight is 427 g/mol. The second kappa shape index (κ2) is 10.5. The number of hydrogen-bond acceptors (Lipinski definition) is 4. The summed E-state index contributed by atoms with van der Waals surface area (Å²) in [6.07, 6.45) is 2.49. The molecule has 0 radical (unpaired) electrons. The maximum absolute atomic E-state index is 12.6. The number of nitrogens with one attached hydrogen (secondary N) is 1. The van der Waals surface area contributed by atoms with Gasteiger partial charge in [0.1, 0.15) is 5.75 Å². The highest BCUT2D eigenvalue weighted by atomic mass is 35.5. The number of benzene rings is 1. The van der Waals surface area contributed by atoms with Crippen LogP contribution in [0.4, 0.5) is 5.69 Å². The molecule has 0 spiro atoms. The summed E-state index contributed by atoms with van der Waals surface area (Å²) in [5.41, 5.74) is 6.46. The van der Waals surface area contributed by atoms with E-state index in [0.717, 1.165) is 13.1 Å². The minimum absolute atomic E-state index is 0. The van der Waals surface area contributed by atoms with Gasteiger partial charge in [0.25, 0.3) is 5.91 Å². The summed E-state index contributed by atoms with van der Waals surface area (Å²) in [6.45, 7) is 9.31. The zero-order valence-corrected chi connectivity index (χ0v) is 18.2. The molecule has 150 valence electrons. The van der Waals surface area contributed by atoms with Gasteiger partial charge in [-0.15, -0.1) is 24.8 Å². The zero-order valence-electron chi connectivity index (χ0n) is 15.8. The number of ether oxygens (including phenoxy) is 1. The molecule has 0 saturated carbocycles. The number of carbonyl (C=O) groups excluding carboxylic acids is 1. The highest BCUT2D eigenvalue weighted by Crippen LogP contribution is 2.29. The predicted molar refractivity (Wildman–Crippen MR) is 113 cm³/mol. The van der Waals surface area contributed by atoms with Crippen LogP contribution in [-0.4, -0.2) is 43.1 Å². The SMILES string of the molecule is COc1cc(N)c(Cl)cc1C(=O)NCC(C)(C)N1CCCC(C)C1.Cl.Cl. The highest BCUT2D eigenvalue weighted by molar-refractivity contribution is 6.33. The number of nitrogens with two attached hydrogens (primary N) is 1. The van der Waals surface area contributed by atoms with Crippen LogP contribution in [0.15, 0.2) is 12.1 Å². The van der Waals surface area contributed by atoms with Gasteiger partial charge in [0, 0.05) is 24.7 Å². The van der Waals surface area contributed by atoms with E-state index >= 15 is 0 Å². The van der Waals surface area contributed by atoms with Crippen molar-refractivity contribution in [2.45, 2.75) is 39.2 Å². The van der Waals surface area contributed by atoms with E-state index in [2.05, 4.69) is 31.0 Å². The molecule has 8 heteroatoms. The number of nitrogen functional groups attached to an aromatic ring is 1. The Morgan fingerprint density at radius 3 is 2.65 bits per heavy atom. The number of likely N-dealkylation sites (tertiary alicyclic amines) is 1. The molecule has 1 aliphatic rings. The van der Waals surface area contributed by atoms with Crippen LogP contribution in [0.3, 0.4) is 0 Å². The second-order valence-corrected chi connectivity index (χ2v) is 7.67. The monoisotopic (exact) mass is 425 g/mol. The van der Waals surface area contributed by atoms with E-state index in [1.165, 1.54) is 20.0 Å². The Morgan fingerprint density at radius 1 is 1.42 bits per heavy atom. The number of nitrogens with zero attached hydrogens (tertiary/aromatic N) is 1. The van der Waals surface area contributed by atoms with Crippen molar-refractivity contribution in [1.82, 2.24) is 10.2 Å². The number of methoxy groups -OCH3 is 1. The minimum Gasteiger partial charge on any atom is -0.496 e. The molecule has 1 heterocycles. The number of hydrogen-bond donors (Lipinski definition) is 2. The molecule has 2 rings (SSSR count). The molecule has 1 aromatic rings. The quantitative estimate of drug-likeness (QED) is 0.698. The van der Waals surface area contributed by atoms with E-state index < -0.39 is 0 Å². The smallest absolute Gasteiger partial charge is 0.255 e. The van der Waals surface area contributed by atoms with E-state index in [4.69, 9.17) is 22.1 Å². The Labute approximate surface area is 173 Å². The fourth-order valence-corrected chi connectivity index (χ4v) is 3.32. The van der Waals surface area contributed by atoms with Crippen LogP contribution in [0.2, 0.25) is 5.02 Å². The molecule has 1 saturated heterocycles. The van der Waals surface area contributed by atoms with Gasteiger partial charge >= 0.3 is 0 Å². The maximum atomic E-state index is 12.6. The van der Waals surface area contributed by atoms with Gasteiger partial charge in [0.2, 0.25) is 0 Å². The fraction of sp³-hybridized carbons (Fsp3) is 0.611. The molecule has 0 aromatic heterocycles. The van der Waals surface area contributed by atoms with Crippen LogP contribution >= 0.6 is 36.4 Å². The molecule has 3 N–H and O–H groups in total. The van der Waals surface area contributed by atoms with Crippen molar-refractivity contribution >= 4 is 48.0 Å². The average Bonchev–Trinajstić information content (AvgIpc) is 2.54. The van der Waals surface area contributed by atoms with Gasteiger partial charge in [-0.1, -0.05) is 18.5 Å². The predicted octanol–water partition coefficient (Wildman–Crippen LogP) is 4.01. The molecule has 26 heavy (non-hydrogen) atoms. The molecule has 1 amide bonds. The van der Waals surface area contributed by atoms with Gasteiger partial charge in [-0.2, -0.15) is 0 Å². The Morgan fingerprint density at radius 2 is 2.08 bits per heavy atom. The van der Waals surface area contributed by atoms with Crippen LogP contribution in [0.1, 0.15) is 44.0 Å². The molecule has 1 unspecified atom stereocenters. The van der Waals surface area contributed by atoms with Crippen LogP contribution in [-0.2, 0) is 0 Å². The van der Waals surface area contributed by atoms with Gasteiger partial charge in [0.05, 0.1) is 23.4 Å². The van der Waals surface area contributed by atoms with Crippen LogP contribution in [0, 0.1) is 5.92 Å². The van der Waals surface area contributed by atoms with Crippen LogP contribution < -0.4 is 15.8 Å². The fourth-order valence-electron chi connectivity index (χ4n) is 3.16. The first-order valence-corrected chi connectivity index (χ1v) is 8.78. The molecule has 0 bridgehead atoms. The normalized spacial score (nSPS) is 17.7. The lowest BCUT2D eigenvalue weighted by atomic mass is 9.93. The highest BCUT2D eigenvalue weighted by Gasteiger charge is 2.30. The molecular weight excluding hydrogens is 397 g/mol. The van der Waals surface area contributed by atoms with Crippen LogP contribution in [0.5, 0.6) is 5.75 Å². The largest absolute Gasteiger partial charge is 0.496 e. The number of anilines is 1. The molecule has 1 atom stereocenters. The van der Waals surface area contributed by atoms with E-state index in [0.29, 0.717) is 34.5 Å². The summed E-state index contributed by atoms with van der Waals surface area (Å²) in [6, 6.07) is 3.13. The molecule has 1 fully saturated rings. The Kier molecular flexibility index (Phi) is 10.1. The molecule has 5 nitrogen and oxygen atoms in total. The summed E-state index contributed by atoms with van der Waals surface area (Å²) in [7, 11) is 1.51. The van der Waals surface area contributed by atoms with Gasteiger partial charge in [-0.25, -0.2) is 0 Å². The molecular formula is C18H30Cl3N3O2. The maximum Gasteiger partial charge on any atom is 0.255 e. The Hall–Kier alpha value is -0.880. The summed E-state index contributed by atoms with van der Waals surface area (Å²) in [4.78, 5) is 15.0. The second-order valence-electron chi connectivity index (χ2n) is 7.26. The molecule has 1 aliphatic heterocycles. The summed E-state index contributed by atoms with van der Waals surface area (Å²) >= 11 is 6.05. The van der Waals surface area contributed by atoms with Crippen molar-refractivity contribution in [1.29, 1.82) is 0 Å². The number of carbonyl (C=O) groups is 1. The molecule has 0 aliphatic carbocycles. The first kappa shape index (κ1) is 25.1. The van der Waals surface area contributed by atoms with Gasteiger partial charge in [-0.05, 0) is 45.2 Å². The third-order valence-corrected chi connectivity index (χ3v) is 5.09. The van der Waals surface area contributed by atoms with Gasteiger partial charge < -0.3 is 15.8 Å². The topological polar surface area (TPSA) is 67.6 Å². The Bertz CT molecular complexity index is 612. The summed E-state index contributed by atoms with van der Waals surface area (Å²) < 4.78 is 5.25. The van der Waals surface area contributed by atoms with E-state index in [9.17, 15) is 4.79 Å². The van der Waals surface area contributed by atoms with Crippen molar-refractivity contribution < 1.29 is 9.53 Å². The standard InChI is InChI=1S/C18H28ClN3O2.2ClH/c1-12-6-5-7-22(10-12)18(2,3)11-21-17(23)13-8-14(19)15(20)9-16(13)24-4;;/h8-9,12H,5-7,10-11,20H2,1-4H3,(H,21,23);2*1H. The van der Waals surface area contributed by atoms with Crippen molar-refractivity contribution in [3.63, 3.8) is 0 Å². The number of amides is 1. The lowest BCUT2D eigenvalue weighted by Crippen LogP contribution is -2.54. The van der Waals surface area contributed by atoms with Crippen molar-refractivity contribution in [2.24, 2.45) is 5.92 Å². The first-order valence-electron chi connectivity index (χ1n) is 8.41. The van der Waals surface area contributed by atoms with E-state index in [1.807, 2.05) is 0 Å². The number of piperidine rings is 1. The third kappa shape index (κ3) is 6.08. The van der Waals surface area contributed by atoms with Crippen molar-refractivity contribution in [3.8, 4) is 5.75 Å². The van der Waals surface area contributed by atoms with Gasteiger partial charge in [-0.3, -0.25) is 9.69 Å². The Balaban J connectivity index is 0.00000312. The van der Waals surface area contributed by atoms with Crippen molar-refractivity contribution in [2.75, 3.05) is 32.5 Å². The number of halogens is 3. The lowest BCUT2D eigenvalue weighted by molar-refractivity contribution is 0.0656. The zero-order chi connectivity index (χ0) is 17.9. The van der Waals surface area contributed by atoms with E-state index in [1.54, 1.807) is 12.1 Å².